The van der Waals surface area contributed by atoms with Gasteiger partial charge in [-0.2, -0.15) is 0 Å². The van der Waals surface area contributed by atoms with Crippen LogP contribution in [0.15, 0.2) is 72.3 Å². The summed E-state index contributed by atoms with van der Waals surface area (Å²) in [7, 11) is -1.26. The zero-order chi connectivity index (χ0) is 25.4. The van der Waals surface area contributed by atoms with Gasteiger partial charge < -0.3 is 14.3 Å². The second-order valence-corrected chi connectivity index (χ2v) is 14.4. The molecule has 2 aromatic carbocycles. The normalized spacial score (nSPS) is 15.5. The summed E-state index contributed by atoms with van der Waals surface area (Å²) in [6.45, 7) is 13.3. The number of carbonyl (C=O) groups is 1. The van der Waals surface area contributed by atoms with Gasteiger partial charge in [0.25, 0.3) is 8.32 Å². The van der Waals surface area contributed by atoms with E-state index in [-0.39, 0.29) is 29.3 Å². The molecule has 4 nitrogen and oxygen atoms in total. The molecular weight excluding hydrogens is 440 g/mol. The van der Waals surface area contributed by atoms with Gasteiger partial charge in [-0.1, -0.05) is 114 Å². The molecule has 0 aliphatic heterocycles. The lowest BCUT2D eigenvalue weighted by Crippen LogP contribution is -2.67. The van der Waals surface area contributed by atoms with Crippen LogP contribution in [0.1, 0.15) is 54.4 Å². The van der Waals surface area contributed by atoms with Crippen LogP contribution in [0.2, 0.25) is 5.04 Å². The van der Waals surface area contributed by atoms with Crippen molar-refractivity contribution < 1.29 is 19.1 Å². The van der Waals surface area contributed by atoms with E-state index in [4.69, 9.17) is 9.16 Å². The summed E-state index contributed by atoms with van der Waals surface area (Å²) < 4.78 is 11.8. The van der Waals surface area contributed by atoms with Crippen molar-refractivity contribution in [3.63, 3.8) is 0 Å². The fourth-order valence-corrected chi connectivity index (χ4v) is 9.45. The number of hydrogen-bond acceptors (Lipinski definition) is 4. The second-order valence-electron chi connectivity index (χ2n) is 10.1. The largest absolute Gasteiger partial charge is 0.469 e. The van der Waals surface area contributed by atoms with Crippen LogP contribution < -0.4 is 10.4 Å². The van der Waals surface area contributed by atoms with E-state index in [2.05, 4.69) is 76.2 Å². The average molecular weight is 483 g/mol. The van der Waals surface area contributed by atoms with Gasteiger partial charge in [-0.15, -0.1) is 0 Å². The van der Waals surface area contributed by atoms with Crippen LogP contribution >= 0.6 is 0 Å². The highest BCUT2D eigenvalue weighted by molar-refractivity contribution is 6.99. The minimum atomic E-state index is -2.65. The van der Waals surface area contributed by atoms with E-state index in [1.807, 2.05) is 32.1 Å². The number of aliphatic hydroxyl groups excluding tert-OH is 1. The van der Waals surface area contributed by atoms with Crippen LogP contribution in [-0.4, -0.2) is 39.2 Å². The maximum absolute atomic E-state index is 11.6. The van der Waals surface area contributed by atoms with Crippen molar-refractivity contribution in [2.75, 3.05) is 13.7 Å². The molecule has 0 heterocycles. The van der Waals surface area contributed by atoms with Gasteiger partial charge in [0.15, 0.2) is 0 Å². The number of rotatable bonds is 11. The number of esters is 1. The highest BCUT2D eigenvalue weighted by Gasteiger charge is 2.50. The molecule has 2 rings (SSSR count). The standard InChI is InChI=1S/C29H42O4Si/c1-8-24(19-20-27(30)32-7)23(3)28(31)22(2)21-33-34(29(4,5)6,25-15-11-9-12-16-25)26-17-13-10-14-18-26/h9-19,22-23,28,31H,8,20-21H2,1-7H3/b24-19+/t22-,23-,28-/m0/s1. The maximum atomic E-state index is 11.6. The first-order chi connectivity index (χ1) is 16.1. The molecular formula is C29H42O4Si. The summed E-state index contributed by atoms with van der Waals surface area (Å²) in [4.78, 5) is 11.6. The van der Waals surface area contributed by atoms with Gasteiger partial charge in [0, 0.05) is 18.4 Å². The van der Waals surface area contributed by atoms with Crippen molar-refractivity contribution in [1.82, 2.24) is 0 Å². The van der Waals surface area contributed by atoms with Gasteiger partial charge in [0.2, 0.25) is 0 Å². The molecule has 0 saturated carbocycles. The first-order valence-electron chi connectivity index (χ1n) is 12.3. The van der Waals surface area contributed by atoms with E-state index >= 15 is 0 Å². The predicted octanol–water partition coefficient (Wildman–Crippen LogP) is 5.10. The molecule has 2 aromatic rings. The fourth-order valence-electron chi connectivity index (χ4n) is 4.78. The summed E-state index contributed by atoms with van der Waals surface area (Å²) in [6.07, 6.45) is 2.32. The Hall–Kier alpha value is -2.21. The number of benzene rings is 2. The second kappa shape index (κ2) is 12.5. The van der Waals surface area contributed by atoms with Crippen molar-refractivity contribution in [2.24, 2.45) is 11.8 Å². The van der Waals surface area contributed by atoms with Gasteiger partial charge in [-0.25, -0.2) is 0 Å². The number of ether oxygens (including phenoxy) is 1. The van der Waals surface area contributed by atoms with Crippen molar-refractivity contribution in [1.29, 1.82) is 0 Å². The summed E-state index contributed by atoms with van der Waals surface area (Å²) in [5.41, 5.74) is 1.06. The smallest absolute Gasteiger partial charge is 0.309 e. The molecule has 186 valence electrons. The number of aliphatic hydroxyl groups is 1. The lowest BCUT2D eigenvalue weighted by Gasteiger charge is -2.44. The van der Waals surface area contributed by atoms with E-state index in [1.54, 1.807) is 0 Å². The summed E-state index contributed by atoms with van der Waals surface area (Å²) in [5.74, 6) is -0.423. The van der Waals surface area contributed by atoms with Gasteiger partial charge in [-0.3, -0.25) is 4.79 Å². The molecule has 0 radical (unpaired) electrons. The summed E-state index contributed by atoms with van der Waals surface area (Å²) >= 11 is 0. The van der Waals surface area contributed by atoms with E-state index in [1.165, 1.54) is 17.5 Å². The lowest BCUT2D eigenvalue weighted by molar-refractivity contribution is -0.139. The van der Waals surface area contributed by atoms with Gasteiger partial charge in [0.05, 0.1) is 19.6 Å². The van der Waals surface area contributed by atoms with E-state index < -0.39 is 14.4 Å². The predicted molar refractivity (Wildman–Crippen MR) is 143 cm³/mol. The SMILES string of the molecule is CC/C(=C\CC(=O)OC)[C@H](C)[C@@H](O)[C@@H](C)CO[Si](c1ccccc1)(c1ccccc1)C(C)(C)C. The first-order valence-corrected chi connectivity index (χ1v) is 14.2. The summed E-state index contributed by atoms with van der Waals surface area (Å²) in [5, 5.41) is 13.6. The molecule has 0 spiro atoms. The molecule has 0 unspecified atom stereocenters. The molecule has 0 aliphatic rings. The van der Waals surface area contributed by atoms with Crippen LogP contribution in [-0.2, 0) is 14.0 Å². The molecule has 0 fully saturated rings. The van der Waals surface area contributed by atoms with Crippen molar-refractivity contribution in [3.8, 4) is 0 Å². The average Bonchev–Trinajstić information content (AvgIpc) is 2.84. The monoisotopic (exact) mass is 482 g/mol. The van der Waals surface area contributed by atoms with Crippen molar-refractivity contribution in [3.05, 3.63) is 72.3 Å². The van der Waals surface area contributed by atoms with Gasteiger partial charge >= 0.3 is 5.97 Å². The highest BCUT2D eigenvalue weighted by atomic mass is 28.4. The molecule has 34 heavy (non-hydrogen) atoms. The van der Waals surface area contributed by atoms with E-state index in [0.717, 1.165) is 12.0 Å². The van der Waals surface area contributed by atoms with Crippen molar-refractivity contribution >= 4 is 24.7 Å². The van der Waals surface area contributed by atoms with Crippen LogP contribution in [0.5, 0.6) is 0 Å². The Kier molecular flexibility index (Phi) is 10.3. The summed E-state index contributed by atoms with van der Waals surface area (Å²) in [6, 6.07) is 21.1. The Labute approximate surface area is 207 Å². The highest BCUT2D eigenvalue weighted by Crippen LogP contribution is 2.37. The Morgan fingerprint density at radius 2 is 1.50 bits per heavy atom. The number of methoxy groups -OCH3 is 1. The van der Waals surface area contributed by atoms with Gasteiger partial charge in [-0.05, 0) is 21.8 Å². The van der Waals surface area contributed by atoms with Crippen LogP contribution in [0.3, 0.4) is 0 Å². The third-order valence-corrected chi connectivity index (χ3v) is 11.8. The zero-order valence-electron chi connectivity index (χ0n) is 21.9. The first kappa shape index (κ1) is 28.0. The third-order valence-electron chi connectivity index (χ3n) is 6.83. The molecule has 0 saturated heterocycles. The molecule has 0 aliphatic carbocycles. The Morgan fingerprint density at radius 3 is 1.91 bits per heavy atom. The zero-order valence-corrected chi connectivity index (χ0v) is 22.9. The topological polar surface area (TPSA) is 55.8 Å². The molecule has 3 atom stereocenters. The number of carbonyl (C=O) groups excluding carboxylic acids is 1. The van der Waals surface area contributed by atoms with E-state index in [9.17, 15) is 9.90 Å². The lowest BCUT2D eigenvalue weighted by atomic mass is 9.86. The number of hydrogen-bond donors (Lipinski definition) is 1. The van der Waals surface area contributed by atoms with E-state index in [0.29, 0.717) is 6.61 Å². The molecule has 5 heteroatoms. The van der Waals surface area contributed by atoms with Crippen LogP contribution in [0.25, 0.3) is 0 Å². The minimum absolute atomic E-state index is 0.0765. The fraction of sp³-hybridized carbons (Fsp3) is 0.483. The molecule has 0 bridgehead atoms. The maximum Gasteiger partial charge on any atom is 0.309 e. The Morgan fingerprint density at radius 1 is 1.00 bits per heavy atom. The minimum Gasteiger partial charge on any atom is -0.469 e. The molecule has 1 N–H and O–H groups in total. The quantitative estimate of drug-likeness (QED) is 0.275. The van der Waals surface area contributed by atoms with Crippen LogP contribution in [0, 0.1) is 11.8 Å². The molecule has 0 aromatic heterocycles. The van der Waals surface area contributed by atoms with Crippen molar-refractivity contribution in [2.45, 2.75) is 65.5 Å². The Balaban J connectivity index is 2.34. The van der Waals surface area contributed by atoms with Crippen LogP contribution in [0.4, 0.5) is 0 Å². The molecule has 0 amide bonds. The van der Waals surface area contributed by atoms with Gasteiger partial charge in [0.1, 0.15) is 0 Å². The third kappa shape index (κ3) is 6.47. The Bertz CT molecular complexity index is 879.